The molecular weight excluding hydrogens is 334 g/mol. The van der Waals surface area contributed by atoms with Crippen LogP contribution in [0.25, 0.3) is 0 Å². The number of carbonyl (C=O) groups excluding carboxylic acids is 3. The summed E-state index contributed by atoms with van der Waals surface area (Å²) >= 11 is 0. The van der Waals surface area contributed by atoms with E-state index >= 15 is 0 Å². The first-order chi connectivity index (χ1) is 12.5. The second-order valence-corrected chi connectivity index (χ2v) is 5.32. The van der Waals surface area contributed by atoms with Crippen LogP contribution in [0.5, 0.6) is 0 Å². The molecule has 0 aromatic heterocycles. The molecule has 0 saturated heterocycles. The van der Waals surface area contributed by atoms with Gasteiger partial charge in [-0.25, -0.2) is 10.2 Å². The van der Waals surface area contributed by atoms with Crippen molar-refractivity contribution in [1.82, 2.24) is 5.43 Å². The van der Waals surface area contributed by atoms with E-state index in [1.807, 2.05) is 19.1 Å². The zero-order valence-corrected chi connectivity index (χ0v) is 14.5. The molecule has 2 N–H and O–H groups in total. The van der Waals surface area contributed by atoms with E-state index in [1.54, 1.807) is 36.4 Å². The number of hydrazone groups is 1. The quantitative estimate of drug-likeness (QED) is 0.372. The van der Waals surface area contributed by atoms with Crippen LogP contribution in [-0.4, -0.2) is 31.1 Å². The third kappa shape index (κ3) is 5.27. The van der Waals surface area contributed by atoms with Crippen LogP contribution in [0.4, 0.5) is 5.69 Å². The van der Waals surface area contributed by atoms with Gasteiger partial charge in [0.25, 0.3) is 0 Å². The Morgan fingerprint density at radius 3 is 2.23 bits per heavy atom. The molecule has 7 heteroatoms. The van der Waals surface area contributed by atoms with Crippen molar-refractivity contribution in [1.29, 1.82) is 0 Å². The topological polar surface area (TPSA) is 96.9 Å². The molecule has 0 unspecified atom stereocenters. The van der Waals surface area contributed by atoms with Crippen molar-refractivity contribution in [2.24, 2.45) is 5.10 Å². The number of hydrogen-bond donors (Lipinski definition) is 2. The van der Waals surface area contributed by atoms with Gasteiger partial charge >= 0.3 is 17.8 Å². The molecule has 2 aromatic rings. The Morgan fingerprint density at radius 1 is 1.00 bits per heavy atom. The molecule has 0 heterocycles. The third-order valence-corrected chi connectivity index (χ3v) is 3.54. The molecular formula is C19H19N3O4. The fourth-order valence-corrected chi connectivity index (χ4v) is 2.05. The smallest absolute Gasteiger partial charge is 0.337 e. The third-order valence-electron chi connectivity index (χ3n) is 3.54. The van der Waals surface area contributed by atoms with Crippen LogP contribution in [0.1, 0.15) is 28.4 Å². The Labute approximate surface area is 151 Å². The van der Waals surface area contributed by atoms with Gasteiger partial charge in [-0.1, -0.05) is 31.2 Å². The van der Waals surface area contributed by atoms with Gasteiger partial charge in [-0.2, -0.15) is 5.10 Å². The number of carbonyl (C=O) groups is 3. The number of nitrogens with one attached hydrogen (secondary N) is 2. The maximum absolute atomic E-state index is 11.8. The number of amides is 2. The summed E-state index contributed by atoms with van der Waals surface area (Å²) in [6.45, 7) is 2.03. The highest BCUT2D eigenvalue weighted by Crippen LogP contribution is 2.09. The molecule has 0 bridgehead atoms. The maximum Gasteiger partial charge on any atom is 0.337 e. The first kappa shape index (κ1) is 18.9. The van der Waals surface area contributed by atoms with Gasteiger partial charge in [0.15, 0.2) is 0 Å². The standard InChI is InChI=1S/C19H19N3O4/c1-3-13-6-10-16(11-7-13)21-17(23)18(24)22-20-12-14-4-8-15(9-5-14)19(25)26-2/h4-12H,3H2,1-2H3,(H,21,23)(H,22,24)/b20-12-. The predicted octanol–water partition coefficient (Wildman–Crippen LogP) is 2.12. The number of methoxy groups -OCH3 is 1. The summed E-state index contributed by atoms with van der Waals surface area (Å²) in [7, 11) is 1.30. The summed E-state index contributed by atoms with van der Waals surface area (Å²) in [5, 5.41) is 6.22. The van der Waals surface area contributed by atoms with E-state index in [9.17, 15) is 14.4 Å². The van der Waals surface area contributed by atoms with Gasteiger partial charge in [0.1, 0.15) is 0 Å². The fourth-order valence-electron chi connectivity index (χ4n) is 2.05. The van der Waals surface area contributed by atoms with Crippen molar-refractivity contribution in [3.8, 4) is 0 Å². The minimum absolute atomic E-state index is 0.405. The molecule has 2 aromatic carbocycles. The molecule has 26 heavy (non-hydrogen) atoms. The summed E-state index contributed by atoms with van der Waals surface area (Å²) in [6.07, 6.45) is 2.26. The van der Waals surface area contributed by atoms with Crippen LogP contribution in [0.2, 0.25) is 0 Å². The van der Waals surface area contributed by atoms with Crippen molar-refractivity contribution in [2.45, 2.75) is 13.3 Å². The number of anilines is 1. The van der Waals surface area contributed by atoms with Gasteiger partial charge in [-0.3, -0.25) is 9.59 Å². The predicted molar refractivity (Wildman–Crippen MR) is 98.0 cm³/mol. The number of benzene rings is 2. The molecule has 0 spiro atoms. The van der Waals surface area contributed by atoms with Crippen LogP contribution < -0.4 is 10.7 Å². The van der Waals surface area contributed by atoms with Crippen LogP contribution in [0, 0.1) is 0 Å². The Kier molecular flexibility index (Phi) is 6.61. The van der Waals surface area contributed by atoms with Gasteiger partial charge in [0, 0.05) is 5.69 Å². The van der Waals surface area contributed by atoms with Crippen molar-refractivity contribution < 1.29 is 19.1 Å². The summed E-state index contributed by atoms with van der Waals surface area (Å²) in [4.78, 5) is 34.9. The maximum atomic E-state index is 11.8. The van der Waals surface area contributed by atoms with E-state index in [2.05, 4.69) is 20.6 Å². The van der Waals surface area contributed by atoms with Gasteiger partial charge in [-0.05, 0) is 41.8 Å². The highest BCUT2D eigenvalue weighted by molar-refractivity contribution is 6.39. The highest BCUT2D eigenvalue weighted by atomic mass is 16.5. The lowest BCUT2D eigenvalue weighted by Crippen LogP contribution is -2.32. The molecule has 0 radical (unpaired) electrons. The minimum atomic E-state index is -0.882. The van der Waals surface area contributed by atoms with Crippen molar-refractivity contribution in [2.75, 3.05) is 12.4 Å². The van der Waals surface area contributed by atoms with Crippen LogP contribution in [0.3, 0.4) is 0 Å². The fraction of sp³-hybridized carbons (Fsp3) is 0.158. The SMILES string of the molecule is CCc1ccc(NC(=O)C(=O)N/N=C\c2ccc(C(=O)OC)cc2)cc1. The Hall–Kier alpha value is -3.48. The van der Waals surface area contributed by atoms with Crippen molar-refractivity contribution in [3.63, 3.8) is 0 Å². The summed E-state index contributed by atoms with van der Waals surface area (Å²) < 4.78 is 4.60. The average molecular weight is 353 g/mol. The van der Waals surface area contributed by atoms with E-state index in [1.165, 1.54) is 13.3 Å². The van der Waals surface area contributed by atoms with E-state index < -0.39 is 17.8 Å². The zero-order chi connectivity index (χ0) is 18.9. The van der Waals surface area contributed by atoms with Crippen LogP contribution >= 0.6 is 0 Å². The summed E-state index contributed by atoms with van der Waals surface area (Å²) in [5.41, 5.74) is 4.87. The normalized spacial score (nSPS) is 10.4. The van der Waals surface area contributed by atoms with E-state index in [-0.39, 0.29) is 0 Å². The molecule has 7 nitrogen and oxygen atoms in total. The molecule has 0 saturated carbocycles. The number of esters is 1. The lowest BCUT2D eigenvalue weighted by Gasteiger charge is -2.04. The lowest BCUT2D eigenvalue weighted by molar-refractivity contribution is -0.136. The summed E-state index contributed by atoms with van der Waals surface area (Å²) in [6, 6.07) is 13.6. The number of hydrogen-bond acceptors (Lipinski definition) is 5. The largest absolute Gasteiger partial charge is 0.465 e. The Morgan fingerprint density at radius 2 is 1.65 bits per heavy atom. The first-order valence-corrected chi connectivity index (χ1v) is 7.95. The highest BCUT2D eigenvalue weighted by Gasteiger charge is 2.12. The van der Waals surface area contributed by atoms with Crippen molar-refractivity contribution >= 4 is 29.7 Å². The molecule has 0 aliphatic rings. The second-order valence-electron chi connectivity index (χ2n) is 5.32. The number of aryl methyl sites for hydroxylation is 1. The number of ether oxygens (including phenoxy) is 1. The first-order valence-electron chi connectivity index (χ1n) is 7.95. The van der Waals surface area contributed by atoms with Crippen LogP contribution in [-0.2, 0) is 20.7 Å². The molecule has 2 amide bonds. The molecule has 0 aliphatic heterocycles. The Balaban J connectivity index is 1.87. The number of rotatable bonds is 5. The molecule has 134 valence electrons. The van der Waals surface area contributed by atoms with Gasteiger partial charge in [-0.15, -0.1) is 0 Å². The minimum Gasteiger partial charge on any atom is -0.465 e. The monoisotopic (exact) mass is 353 g/mol. The average Bonchev–Trinajstić information content (AvgIpc) is 2.68. The van der Waals surface area contributed by atoms with Crippen LogP contribution in [0.15, 0.2) is 53.6 Å². The van der Waals surface area contributed by atoms with E-state index in [0.717, 1.165) is 12.0 Å². The van der Waals surface area contributed by atoms with Gasteiger partial charge in [0.2, 0.25) is 0 Å². The van der Waals surface area contributed by atoms with Gasteiger partial charge in [0.05, 0.1) is 18.9 Å². The Bertz CT molecular complexity index is 812. The molecule has 0 aliphatic carbocycles. The molecule has 0 fully saturated rings. The van der Waals surface area contributed by atoms with Crippen molar-refractivity contribution in [3.05, 3.63) is 65.2 Å². The molecule has 2 rings (SSSR count). The van der Waals surface area contributed by atoms with Gasteiger partial charge < -0.3 is 10.1 Å². The molecule has 0 atom stereocenters. The zero-order valence-electron chi connectivity index (χ0n) is 14.5. The lowest BCUT2D eigenvalue weighted by atomic mass is 10.1. The second kappa shape index (κ2) is 9.12. The van der Waals surface area contributed by atoms with E-state index in [0.29, 0.717) is 16.8 Å². The summed E-state index contributed by atoms with van der Waals surface area (Å²) in [5.74, 6) is -2.13. The van der Waals surface area contributed by atoms with E-state index in [4.69, 9.17) is 0 Å². The number of nitrogens with zero attached hydrogens (tertiary/aromatic N) is 1.